The number of hydrogen-bond acceptors (Lipinski definition) is 2. The summed E-state index contributed by atoms with van der Waals surface area (Å²) in [6.07, 6.45) is 2.02. The molecule has 1 aromatic carbocycles. The predicted molar refractivity (Wildman–Crippen MR) is 81.7 cm³/mol. The summed E-state index contributed by atoms with van der Waals surface area (Å²) in [5.41, 5.74) is 0.262. The lowest BCUT2D eigenvalue weighted by molar-refractivity contribution is 0.288. The third kappa shape index (κ3) is 3.64. The van der Waals surface area contributed by atoms with Crippen LogP contribution < -0.4 is 0 Å². The Morgan fingerprint density at radius 3 is 2.77 bits per heavy atom. The van der Waals surface area contributed by atoms with Crippen LogP contribution in [-0.2, 0) is 10.2 Å². The first-order valence-corrected chi connectivity index (χ1v) is 8.92. The molecule has 1 aliphatic rings. The molecule has 0 bridgehead atoms. The van der Waals surface area contributed by atoms with E-state index >= 15 is 0 Å². The van der Waals surface area contributed by atoms with Gasteiger partial charge in [0.2, 0.25) is 0 Å². The van der Waals surface area contributed by atoms with Crippen molar-refractivity contribution in [3.05, 3.63) is 35.4 Å². The van der Waals surface area contributed by atoms with Crippen molar-refractivity contribution in [2.45, 2.75) is 32.1 Å². The lowest BCUT2D eigenvalue weighted by Gasteiger charge is -2.34. The number of hydrogen-bond donors (Lipinski definition) is 0. The minimum Gasteiger partial charge on any atom is -0.207 e. The van der Waals surface area contributed by atoms with Crippen LogP contribution >= 0.6 is 0 Å². The summed E-state index contributed by atoms with van der Waals surface area (Å²) in [6.45, 7) is 2.96. The fraction of sp³-hybridized carbons (Fsp3) is 0.600. The van der Waals surface area contributed by atoms with Gasteiger partial charge < -0.3 is 0 Å². The van der Waals surface area contributed by atoms with E-state index in [0.29, 0.717) is 25.9 Å². The Balaban J connectivity index is 2.20. The standard InChI is InChI=1S/C15H22F2N2O2S/c1-3-8-18(2)22(20,21)19-9-4-5-12(11-19)14-10-13(16)6-7-15(14)17/h6-7,10,12H,3-5,8-9,11H2,1-2H3. The van der Waals surface area contributed by atoms with Crippen molar-refractivity contribution in [2.24, 2.45) is 0 Å². The van der Waals surface area contributed by atoms with Gasteiger partial charge in [0.1, 0.15) is 11.6 Å². The first kappa shape index (κ1) is 17.3. The van der Waals surface area contributed by atoms with Gasteiger partial charge >= 0.3 is 0 Å². The first-order chi connectivity index (χ1) is 10.4. The minimum atomic E-state index is -3.54. The number of nitrogens with zero attached hydrogens (tertiary/aromatic N) is 2. The number of halogens is 2. The van der Waals surface area contributed by atoms with Crippen LogP contribution in [0.4, 0.5) is 8.78 Å². The fourth-order valence-corrected chi connectivity index (χ4v) is 4.40. The second kappa shape index (κ2) is 7.02. The van der Waals surface area contributed by atoms with E-state index in [2.05, 4.69) is 0 Å². The molecule has 4 nitrogen and oxygen atoms in total. The minimum absolute atomic E-state index is 0.191. The van der Waals surface area contributed by atoms with Crippen LogP contribution in [0.2, 0.25) is 0 Å². The lowest BCUT2D eigenvalue weighted by Crippen LogP contribution is -2.46. The van der Waals surface area contributed by atoms with Gasteiger partial charge in [0.05, 0.1) is 0 Å². The third-order valence-electron chi connectivity index (χ3n) is 4.04. The zero-order valence-corrected chi connectivity index (χ0v) is 13.7. The van der Waals surface area contributed by atoms with Crippen LogP contribution in [0.5, 0.6) is 0 Å². The Morgan fingerprint density at radius 1 is 1.36 bits per heavy atom. The molecule has 0 aromatic heterocycles. The predicted octanol–water partition coefficient (Wildman–Crippen LogP) is 2.73. The molecule has 1 heterocycles. The maximum Gasteiger partial charge on any atom is 0.281 e. The van der Waals surface area contributed by atoms with E-state index in [1.165, 1.54) is 14.7 Å². The summed E-state index contributed by atoms with van der Waals surface area (Å²) in [5, 5.41) is 0. The Kier molecular flexibility index (Phi) is 5.52. The molecule has 22 heavy (non-hydrogen) atoms. The van der Waals surface area contributed by atoms with Gasteiger partial charge in [0, 0.05) is 32.6 Å². The van der Waals surface area contributed by atoms with Gasteiger partial charge in [0.25, 0.3) is 10.2 Å². The molecular formula is C15H22F2N2O2S. The first-order valence-electron chi connectivity index (χ1n) is 7.52. The second-order valence-corrected chi connectivity index (χ2v) is 7.73. The molecule has 0 spiro atoms. The molecule has 0 saturated carbocycles. The van der Waals surface area contributed by atoms with Crippen molar-refractivity contribution < 1.29 is 17.2 Å². The SMILES string of the molecule is CCCN(C)S(=O)(=O)N1CCCC(c2cc(F)ccc2F)C1. The van der Waals surface area contributed by atoms with Gasteiger partial charge in [-0.15, -0.1) is 0 Å². The summed E-state index contributed by atoms with van der Waals surface area (Å²) in [5.74, 6) is -1.29. The topological polar surface area (TPSA) is 40.6 Å². The molecule has 1 atom stereocenters. The molecule has 0 amide bonds. The van der Waals surface area contributed by atoms with Gasteiger partial charge in [0.15, 0.2) is 0 Å². The number of piperidine rings is 1. The maximum atomic E-state index is 13.9. The molecule has 1 aromatic rings. The van der Waals surface area contributed by atoms with Crippen LogP contribution in [0.25, 0.3) is 0 Å². The highest BCUT2D eigenvalue weighted by Crippen LogP contribution is 2.31. The Bertz CT molecular complexity index is 622. The van der Waals surface area contributed by atoms with E-state index in [1.54, 1.807) is 7.05 Å². The Labute approximate surface area is 130 Å². The van der Waals surface area contributed by atoms with Gasteiger partial charge in [-0.05, 0) is 43.0 Å². The van der Waals surface area contributed by atoms with E-state index in [1.807, 2.05) is 6.92 Å². The molecular weight excluding hydrogens is 310 g/mol. The van der Waals surface area contributed by atoms with Crippen molar-refractivity contribution in [3.8, 4) is 0 Å². The zero-order chi connectivity index (χ0) is 16.3. The van der Waals surface area contributed by atoms with Crippen LogP contribution in [0.1, 0.15) is 37.7 Å². The van der Waals surface area contributed by atoms with Gasteiger partial charge in [-0.3, -0.25) is 0 Å². The summed E-state index contributed by atoms with van der Waals surface area (Å²) < 4.78 is 54.9. The molecule has 124 valence electrons. The average molecular weight is 332 g/mol. The average Bonchev–Trinajstić information content (AvgIpc) is 2.50. The monoisotopic (exact) mass is 332 g/mol. The van der Waals surface area contributed by atoms with E-state index in [0.717, 1.165) is 18.6 Å². The second-order valence-electron chi connectivity index (χ2n) is 5.69. The number of rotatable bonds is 5. The summed E-state index contributed by atoms with van der Waals surface area (Å²) >= 11 is 0. The normalized spacial score (nSPS) is 20.5. The quantitative estimate of drug-likeness (QED) is 0.832. The Morgan fingerprint density at radius 2 is 2.09 bits per heavy atom. The van der Waals surface area contributed by atoms with E-state index in [4.69, 9.17) is 0 Å². The van der Waals surface area contributed by atoms with E-state index in [-0.39, 0.29) is 18.0 Å². The molecule has 1 unspecified atom stereocenters. The molecule has 7 heteroatoms. The van der Waals surface area contributed by atoms with Gasteiger partial charge in [-0.25, -0.2) is 8.78 Å². The van der Waals surface area contributed by atoms with Crippen LogP contribution in [-0.4, -0.2) is 43.7 Å². The molecule has 0 aliphatic carbocycles. The molecule has 1 fully saturated rings. The maximum absolute atomic E-state index is 13.9. The summed E-state index contributed by atoms with van der Waals surface area (Å²) in [6, 6.07) is 3.35. The molecule has 2 rings (SSSR count). The van der Waals surface area contributed by atoms with Crippen molar-refractivity contribution >= 4 is 10.2 Å². The van der Waals surface area contributed by atoms with E-state index < -0.39 is 21.8 Å². The van der Waals surface area contributed by atoms with Crippen molar-refractivity contribution in [1.29, 1.82) is 0 Å². The highest BCUT2D eigenvalue weighted by molar-refractivity contribution is 7.86. The highest BCUT2D eigenvalue weighted by atomic mass is 32.2. The van der Waals surface area contributed by atoms with Gasteiger partial charge in [-0.2, -0.15) is 17.0 Å². The smallest absolute Gasteiger partial charge is 0.207 e. The van der Waals surface area contributed by atoms with Gasteiger partial charge in [-0.1, -0.05) is 6.92 Å². The fourth-order valence-electron chi connectivity index (χ4n) is 2.86. The lowest BCUT2D eigenvalue weighted by atomic mass is 9.91. The molecule has 1 aliphatic heterocycles. The third-order valence-corrected chi connectivity index (χ3v) is 6.00. The van der Waals surface area contributed by atoms with Crippen molar-refractivity contribution in [1.82, 2.24) is 8.61 Å². The molecule has 1 saturated heterocycles. The molecule has 0 N–H and O–H groups in total. The van der Waals surface area contributed by atoms with E-state index in [9.17, 15) is 17.2 Å². The molecule has 0 radical (unpaired) electrons. The number of benzene rings is 1. The highest BCUT2D eigenvalue weighted by Gasteiger charge is 2.33. The summed E-state index contributed by atoms with van der Waals surface area (Å²) in [4.78, 5) is 0. The zero-order valence-electron chi connectivity index (χ0n) is 12.9. The van der Waals surface area contributed by atoms with Crippen molar-refractivity contribution in [2.75, 3.05) is 26.7 Å². The largest absolute Gasteiger partial charge is 0.281 e. The van der Waals surface area contributed by atoms with Crippen LogP contribution in [0.3, 0.4) is 0 Å². The van der Waals surface area contributed by atoms with Crippen LogP contribution in [0, 0.1) is 11.6 Å². The van der Waals surface area contributed by atoms with Crippen LogP contribution in [0.15, 0.2) is 18.2 Å². The Hall–Kier alpha value is -1.05. The van der Waals surface area contributed by atoms with Crippen molar-refractivity contribution in [3.63, 3.8) is 0 Å². The summed E-state index contributed by atoms with van der Waals surface area (Å²) in [7, 11) is -1.99.